The first kappa shape index (κ1) is 16.3. The number of nitrogens with zero attached hydrogens (tertiary/aromatic N) is 1. The van der Waals surface area contributed by atoms with E-state index in [2.05, 4.69) is 55.3 Å². The Bertz CT molecular complexity index is 559. The Labute approximate surface area is 136 Å². The molecule has 0 saturated carbocycles. The quantitative estimate of drug-likeness (QED) is 0.792. The van der Waals surface area contributed by atoms with Gasteiger partial charge in [0, 0.05) is 29.1 Å². The van der Waals surface area contributed by atoms with Crippen molar-refractivity contribution >= 4 is 23.4 Å². The van der Waals surface area contributed by atoms with E-state index < -0.39 is 0 Å². The largest absolute Gasteiger partial charge is 0.308 e. The number of rotatable bonds is 5. The SMILES string of the molecule is CC(C)(C)NCc1ccc(SCc2ccc(Cl)cc2)nc1. The molecule has 0 amide bonds. The molecule has 0 fully saturated rings. The molecule has 112 valence electrons. The standard InChI is InChI=1S/C17H21ClN2S/c1-17(2,3)20-11-14-6-9-16(19-10-14)21-12-13-4-7-15(18)8-5-13/h4-10,20H,11-12H2,1-3H3. The summed E-state index contributed by atoms with van der Waals surface area (Å²) in [6.45, 7) is 7.34. The van der Waals surface area contributed by atoms with Crippen LogP contribution in [0.3, 0.4) is 0 Å². The molecule has 0 spiro atoms. The maximum absolute atomic E-state index is 5.88. The highest BCUT2D eigenvalue weighted by atomic mass is 35.5. The maximum atomic E-state index is 5.88. The van der Waals surface area contributed by atoms with E-state index in [9.17, 15) is 0 Å². The number of halogens is 1. The molecule has 0 atom stereocenters. The van der Waals surface area contributed by atoms with Gasteiger partial charge >= 0.3 is 0 Å². The summed E-state index contributed by atoms with van der Waals surface area (Å²) in [4.78, 5) is 4.51. The first-order chi connectivity index (χ1) is 9.92. The zero-order chi connectivity index (χ0) is 15.3. The third-order valence-corrected chi connectivity index (χ3v) is 4.19. The molecule has 0 saturated heterocycles. The van der Waals surface area contributed by atoms with Crippen LogP contribution < -0.4 is 5.32 Å². The second-order valence-corrected chi connectivity index (χ2v) is 7.46. The van der Waals surface area contributed by atoms with E-state index in [0.29, 0.717) is 0 Å². The minimum Gasteiger partial charge on any atom is -0.308 e. The number of thioether (sulfide) groups is 1. The van der Waals surface area contributed by atoms with Gasteiger partial charge in [0.1, 0.15) is 0 Å². The molecule has 1 heterocycles. The van der Waals surface area contributed by atoms with Crippen LogP contribution in [0.4, 0.5) is 0 Å². The van der Waals surface area contributed by atoms with Crippen molar-refractivity contribution < 1.29 is 0 Å². The van der Waals surface area contributed by atoms with Crippen molar-refractivity contribution in [1.82, 2.24) is 10.3 Å². The fourth-order valence-electron chi connectivity index (χ4n) is 1.71. The number of benzene rings is 1. The molecule has 2 nitrogen and oxygen atoms in total. The van der Waals surface area contributed by atoms with Crippen LogP contribution in [-0.4, -0.2) is 10.5 Å². The van der Waals surface area contributed by atoms with Gasteiger partial charge in [-0.2, -0.15) is 0 Å². The van der Waals surface area contributed by atoms with Gasteiger partial charge in [-0.05, 0) is 50.1 Å². The molecule has 21 heavy (non-hydrogen) atoms. The van der Waals surface area contributed by atoms with Crippen LogP contribution >= 0.6 is 23.4 Å². The van der Waals surface area contributed by atoms with Gasteiger partial charge in [0.15, 0.2) is 0 Å². The van der Waals surface area contributed by atoms with E-state index in [1.807, 2.05) is 18.3 Å². The van der Waals surface area contributed by atoms with Gasteiger partial charge in [-0.25, -0.2) is 4.98 Å². The maximum Gasteiger partial charge on any atom is 0.0963 e. The van der Waals surface area contributed by atoms with Gasteiger partial charge < -0.3 is 5.32 Å². The fraction of sp³-hybridized carbons (Fsp3) is 0.353. The molecule has 2 rings (SSSR count). The summed E-state index contributed by atoms with van der Waals surface area (Å²) in [5.74, 6) is 0.907. The Morgan fingerprint density at radius 3 is 2.29 bits per heavy atom. The van der Waals surface area contributed by atoms with E-state index >= 15 is 0 Å². The summed E-state index contributed by atoms with van der Waals surface area (Å²) < 4.78 is 0. The first-order valence-electron chi connectivity index (χ1n) is 6.99. The van der Waals surface area contributed by atoms with Gasteiger partial charge in [0.2, 0.25) is 0 Å². The predicted molar refractivity (Wildman–Crippen MR) is 91.8 cm³/mol. The van der Waals surface area contributed by atoms with Crippen LogP contribution in [0.2, 0.25) is 5.02 Å². The summed E-state index contributed by atoms with van der Waals surface area (Å²) in [6.07, 6.45) is 1.95. The minimum absolute atomic E-state index is 0.127. The van der Waals surface area contributed by atoms with Crippen molar-refractivity contribution in [3.63, 3.8) is 0 Å². The van der Waals surface area contributed by atoms with Gasteiger partial charge in [-0.1, -0.05) is 29.8 Å². The average molecular weight is 321 g/mol. The Balaban J connectivity index is 1.86. The number of hydrogen-bond acceptors (Lipinski definition) is 3. The fourth-order valence-corrected chi connectivity index (χ4v) is 2.63. The highest BCUT2D eigenvalue weighted by Gasteiger charge is 2.08. The van der Waals surface area contributed by atoms with Crippen LogP contribution in [0.25, 0.3) is 0 Å². The summed E-state index contributed by atoms with van der Waals surface area (Å²) in [5.41, 5.74) is 2.59. The van der Waals surface area contributed by atoms with Gasteiger partial charge in [0.05, 0.1) is 5.03 Å². The highest BCUT2D eigenvalue weighted by molar-refractivity contribution is 7.98. The predicted octanol–water partition coefficient (Wildman–Crippen LogP) is 4.92. The van der Waals surface area contributed by atoms with E-state index in [4.69, 9.17) is 11.6 Å². The molecule has 0 aliphatic carbocycles. The molecule has 0 aliphatic heterocycles. The van der Waals surface area contributed by atoms with Crippen molar-refractivity contribution in [1.29, 1.82) is 0 Å². The van der Waals surface area contributed by atoms with Crippen LogP contribution in [0.5, 0.6) is 0 Å². The van der Waals surface area contributed by atoms with Gasteiger partial charge in [-0.15, -0.1) is 11.8 Å². The van der Waals surface area contributed by atoms with Gasteiger partial charge in [0.25, 0.3) is 0 Å². The lowest BCUT2D eigenvalue weighted by molar-refractivity contribution is 0.424. The Kier molecular flexibility index (Phi) is 5.68. The number of aromatic nitrogens is 1. The molecule has 1 aromatic carbocycles. The molecule has 4 heteroatoms. The smallest absolute Gasteiger partial charge is 0.0963 e. The monoisotopic (exact) mass is 320 g/mol. The lowest BCUT2D eigenvalue weighted by Gasteiger charge is -2.20. The third-order valence-electron chi connectivity index (χ3n) is 2.92. The molecule has 1 N–H and O–H groups in total. The van der Waals surface area contributed by atoms with Crippen molar-refractivity contribution in [3.8, 4) is 0 Å². The first-order valence-corrected chi connectivity index (χ1v) is 8.36. The number of hydrogen-bond donors (Lipinski definition) is 1. The third kappa shape index (κ3) is 6.08. The van der Waals surface area contributed by atoms with E-state index in [1.54, 1.807) is 11.8 Å². The van der Waals surface area contributed by atoms with E-state index in [1.165, 1.54) is 11.1 Å². The molecule has 0 bridgehead atoms. The minimum atomic E-state index is 0.127. The summed E-state index contributed by atoms with van der Waals surface area (Å²) in [7, 11) is 0. The topological polar surface area (TPSA) is 24.9 Å². The number of nitrogens with one attached hydrogen (secondary N) is 1. The van der Waals surface area contributed by atoms with E-state index in [-0.39, 0.29) is 5.54 Å². The normalized spacial score (nSPS) is 11.6. The van der Waals surface area contributed by atoms with Crippen LogP contribution in [-0.2, 0) is 12.3 Å². The Hall–Kier alpha value is -1.03. The van der Waals surface area contributed by atoms with Crippen molar-refractivity contribution in [2.75, 3.05) is 0 Å². The van der Waals surface area contributed by atoms with Crippen molar-refractivity contribution in [2.45, 2.75) is 43.6 Å². The molecular weight excluding hydrogens is 300 g/mol. The highest BCUT2D eigenvalue weighted by Crippen LogP contribution is 2.22. The second-order valence-electron chi connectivity index (χ2n) is 6.02. The van der Waals surface area contributed by atoms with E-state index in [0.717, 1.165) is 22.3 Å². The molecular formula is C17H21ClN2S. The number of pyridine rings is 1. The lowest BCUT2D eigenvalue weighted by Crippen LogP contribution is -2.35. The summed E-state index contributed by atoms with van der Waals surface area (Å²) >= 11 is 7.62. The van der Waals surface area contributed by atoms with Gasteiger partial charge in [-0.3, -0.25) is 0 Å². The molecule has 1 aromatic heterocycles. The lowest BCUT2D eigenvalue weighted by atomic mass is 10.1. The second kappa shape index (κ2) is 7.30. The Morgan fingerprint density at radius 2 is 1.71 bits per heavy atom. The van der Waals surface area contributed by atoms with Crippen LogP contribution in [0.1, 0.15) is 31.9 Å². The summed E-state index contributed by atoms with van der Waals surface area (Å²) in [6, 6.07) is 12.2. The van der Waals surface area contributed by atoms with Crippen molar-refractivity contribution in [3.05, 3.63) is 58.7 Å². The molecule has 0 aliphatic rings. The average Bonchev–Trinajstić information content (AvgIpc) is 2.45. The zero-order valence-electron chi connectivity index (χ0n) is 12.7. The summed E-state index contributed by atoms with van der Waals surface area (Å²) in [5, 5.41) is 5.28. The van der Waals surface area contributed by atoms with Crippen LogP contribution in [0.15, 0.2) is 47.6 Å². The molecule has 2 aromatic rings. The molecule has 0 unspecified atom stereocenters. The molecule has 0 radical (unpaired) electrons. The van der Waals surface area contributed by atoms with Crippen molar-refractivity contribution in [2.24, 2.45) is 0 Å². The zero-order valence-corrected chi connectivity index (χ0v) is 14.3. The van der Waals surface area contributed by atoms with Crippen LogP contribution in [0, 0.1) is 0 Å². The Morgan fingerprint density at radius 1 is 1.05 bits per heavy atom.